The molecule has 84 valence electrons. The van der Waals surface area contributed by atoms with Crippen molar-refractivity contribution in [2.24, 2.45) is 0 Å². The van der Waals surface area contributed by atoms with Crippen molar-refractivity contribution < 1.29 is 13.6 Å². The smallest absolute Gasteiger partial charge is 0.267 e. The molecule has 0 N–H and O–H groups in total. The van der Waals surface area contributed by atoms with E-state index in [1.807, 2.05) is 6.07 Å². The summed E-state index contributed by atoms with van der Waals surface area (Å²) in [6, 6.07) is 8.86. The van der Waals surface area contributed by atoms with Crippen LogP contribution in [0, 0.1) is 0 Å². The maximum absolute atomic E-state index is 13.2. The molecule has 0 aliphatic rings. The average molecular weight is 215 g/mol. The molecule has 0 atom stereocenters. The van der Waals surface area contributed by atoms with Crippen LogP contribution < -0.4 is 5.06 Å². The van der Waals surface area contributed by atoms with Crippen molar-refractivity contribution >= 4 is 5.69 Å². The summed E-state index contributed by atoms with van der Waals surface area (Å²) in [5.41, 5.74) is 0.633. The van der Waals surface area contributed by atoms with Gasteiger partial charge in [0.05, 0.1) is 12.8 Å². The highest BCUT2D eigenvalue weighted by molar-refractivity contribution is 5.43. The molecule has 0 aliphatic carbocycles. The fraction of sp³-hybridized carbons (Fsp3) is 0.455. The molecule has 0 aromatic heterocycles. The van der Waals surface area contributed by atoms with Gasteiger partial charge in [0.1, 0.15) is 6.54 Å². The lowest BCUT2D eigenvalue weighted by atomic mass is 10.2. The summed E-state index contributed by atoms with van der Waals surface area (Å²) in [5, 5.41) is 1.20. The van der Waals surface area contributed by atoms with E-state index >= 15 is 0 Å². The van der Waals surface area contributed by atoms with Gasteiger partial charge in [-0.3, -0.25) is 4.84 Å². The fourth-order valence-electron chi connectivity index (χ4n) is 1.18. The van der Waals surface area contributed by atoms with Crippen LogP contribution >= 0.6 is 0 Å². The number of rotatable bonds is 5. The van der Waals surface area contributed by atoms with Gasteiger partial charge in [0.2, 0.25) is 0 Å². The largest absolute Gasteiger partial charge is 0.277 e. The molecule has 0 saturated heterocycles. The summed E-state index contributed by atoms with van der Waals surface area (Å²) < 4.78 is 26.3. The molecule has 0 saturated carbocycles. The Bertz CT molecular complexity index is 290. The number of alkyl halides is 2. The first-order valence-electron chi connectivity index (χ1n) is 4.83. The van der Waals surface area contributed by atoms with Crippen LogP contribution in [0.1, 0.15) is 13.3 Å². The van der Waals surface area contributed by atoms with Crippen LogP contribution in [0.2, 0.25) is 0 Å². The summed E-state index contributed by atoms with van der Waals surface area (Å²) in [6.07, 6.45) is -0.195. The Morgan fingerprint density at radius 2 is 1.87 bits per heavy atom. The van der Waals surface area contributed by atoms with E-state index < -0.39 is 12.5 Å². The molecule has 0 aliphatic heterocycles. The Labute approximate surface area is 88.4 Å². The van der Waals surface area contributed by atoms with E-state index in [1.165, 1.54) is 19.1 Å². The molecule has 1 aromatic carbocycles. The van der Waals surface area contributed by atoms with Crippen molar-refractivity contribution in [1.82, 2.24) is 0 Å². The summed E-state index contributed by atoms with van der Waals surface area (Å²) in [4.78, 5) is 4.93. The van der Waals surface area contributed by atoms with Gasteiger partial charge in [0.15, 0.2) is 0 Å². The highest BCUT2D eigenvalue weighted by Gasteiger charge is 2.29. The van der Waals surface area contributed by atoms with E-state index in [-0.39, 0.29) is 6.42 Å². The monoisotopic (exact) mass is 215 g/mol. The summed E-state index contributed by atoms with van der Waals surface area (Å²) in [6.45, 7) is 1.03. The number of hydroxylamine groups is 1. The molecule has 2 nitrogen and oxygen atoms in total. The molecule has 1 aromatic rings. The fourth-order valence-corrected chi connectivity index (χ4v) is 1.18. The molecule has 0 spiro atoms. The van der Waals surface area contributed by atoms with Gasteiger partial charge in [-0.25, -0.2) is 13.8 Å². The topological polar surface area (TPSA) is 12.5 Å². The molecule has 0 radical (unpaired) electrons. The number of hydrogen-bond donors (Lipinski definition) is 0. The van der Waals surface area contributed by atoms with E-state index in [0.717, 1.165) is 0 Å². The van der Waals surface area contributed by atoms with Crippen LogP contribution in [0.25, 0.3) is 0 Å². The molecule has 0 bridgehead atoms. The van der Waals surface area contributed by atoms with Gasteiger partial charge in [-0.1, -0.05) is 25.1 Å². The second-order valence-corrected chi connectivity index (χ2v) is 3.26. The van der Waals surface area contributed by atoms with Crippen LogP contribution in [0.4, 0.5) is 14.5 Å². The van der Waals surface area contributed by atoms with Crippen molar-refractivity contribution in [3.8, 4) is 0 Å². The van der Waals surface area contributed by atoms with Gasteiger partial charge in [-0.2, -0.15) is 0 Å². The SMILES string of the molecule is CCC(F)(F)CN(OC)c1ccccc1. The predicted molar refractivity (Wildman–Crippen MR) is 56.0 cm³/mol. The van der Waals surface area contributed by atoms with Crippen LogP contribution in [0.5, 0.6) is 0 Å². The lowest BCUT2D eigenvalue weighted by molar-refractivity contribution is -0.0195. The second kappa shape index (κ2) is 5.07. The highest BCUT2D eigenvalue weighted by Crippen LogP contribution is 2.23. The second-order valence-electron chi connectivity index (χ2n) is 3.26. The van der Waals surface area contributed by atoms with Gasteiger partial charge < -0.3 is 0 Å². The minimum atomic E-state index is -2.73. The van der Waals surface area contributed by atoms with E-state index in [0.29, 0.717) is 5.69 Å². The zero-order chi connectivity index (χ0) is 11.3. The minimum absolute atomic E-state index is 0.195. The first-order valence-corrected chi connectivity index (χ1v) is 4.83. The van der Waals surface area contributed by atoms with Crippen LogP contribution in [0.15, 0.2) is 30.3 Å². The van der Waals surface area contributed by atoms with Crippen LogP contribution in [-0.4, -0.2) is 19.6 Å². The molecule has 1 rings (SSSR count). The van der Waals surface area contributed by atoms with Crippen molar-refractivity contribution in [2.75, 3.05) is 18.7 Å². The Morgan fingerprint density at radius 1 is 1.27 bits per heavy atom. The summed E-state index contributed by atoms with van der Waals surface area (Å²) in [5.74, 6) is -2.73. The first kappa shape index (κ1) is 11.9. The van der Waals surface area contributed by atoms with Crippen molar-refractivity contribution in [1.29, 1.82) is 0 Å². The van der Waals surface area contributed by atoms with E-state index in [2.05, 4.69) is 0 Å². The Morgan fingerprint density at radius 3 is 2.33 bits per heavy atom. The highest BCUT2D eigenvalue weighted by atomic mass is 19.3. The van der Waals surface area contributed by atoms with E-state index in [9.17, 15) is 8.78 Å². The van der Waals surface area contributed by atoms with Gasteiger partial charge in [0.25, 0.3) is 5.92 Å². The number of hydrogen-bond acceptors (Lipinski definition) is 2. The zero-order valence-electron chi connectivity index (χ0n) is 8.91. The quantitative estimate of drug-likeness (QED) is 0.700. The van der Waals surface area contributed by atoms with Gasteiger partial charge >= 0.3 is 0 Å². The maximum atomic E-state index is 13.2. The molecule has 0 fully saturated rings. The third kappa shape index (κ3) is 3.47. The Kier molecular flexibility index (Phi) is 4.03. The molecule has 0 heterocycles. The lowest BCUT2D eigenvalue weighted by Gasteiger charge is -2.26. The van der Waals surface area contributed by atoms with E-state index in [4.69, 9.17) is 4.84 Å². The van der Waals surface area contributed by atoms with Gasteiger partial charge in [-0.05, 0) is 12.1 Å². The molecular weight excluding hydrogens is 200 g/mol. The van der Waals surface area contributed by atoms with Gasteiger partial charge in [0, 0.05) is 6.42 Å². The predicted octanol–water partition coefficient (Wildman–Crippen LogP) is 3.10. The third-order valence-electron chi connectivity index (χ3n) is 2.16. The van der Waals surface area contributed by atoms with Crippen molar-refractivity contribution in [3.05, 3.63) is 30.3 Å². The van der Waals surface area contributed by atoms with Crippen molar-refractivity contribution in [3.63, 3.8) is 0 Å². The zero-order valence-corrected chi connectivity index (χ0v) is 8.91. The summed E-state index contributed by atoms with van der Waals surface area (Å²) >= 11 is 0. The van der Waals surface area contributed by atoms with Gasteiger partial charge in [-0.15, -0.1) is 0 Å². The first-order chi connectivity index (χ1) is 7.09. The number of anilines is 1. The van der Waals surface area contributed by atoms with Crippen LogP contribution in [-0.2, 0) is 4.84 Å². The molecule has 15 heavy (non-hydrogen) atoms. The number of halogens is 2. The Hall–Kier alpha value is -1.16. The van der Waals surface area contributed by atoms with Crippen LogP contribution in [0.3, 0.4) is 0 Å². The summed E-state index contributed by atoms with van der Waals surface area (Å²) in [7, 11) is 1.39. The molecule has 0 unspecified atom stereocenters. The molecule has 0 amide bonds. The number of para-hydroxylation sites is 1. The average Bonchev–Trinajstić information content (AvgIpc) is 2.27. The number of nitrogens with zero attached hydrogens (tertiary/aromatic N) is 1. The maximum Gasteiger partial charge on any atom is 0.267 e. The normalized spacial score (nSPS) is 11.5. The standard InChI is InChI=1S/C11H15F2NO/c1-3-11(12,13)9-14(15-2)10-7-5-4-6-8-10/h4-8H,3,9H2,1-2H3. The number of benzene rings is 1. The lowest BCUT2D eigenvalue weighted by Crippen LogP contribution is -2.35. The van der Waals surface area contributed by atoms with Crippen molar-refractivity contribution in [2.45, 2.75) is 19.3 Å². The Balaban J connectivity index is 2.73. The van der Waals surface area contributed by atoms with E-state index in [1.54, 1.807) is 24.3 Å². The third-order valence-corrected chi connectivity index (χ3v) is 2.16. The minimum Gasteiger partial charge on any atom is -0.277 e. The molecular formula is C11H15F2NO. The molecule has 4 heteroatoms.